The second kappa shape index (κ2) is 6.78. The Hall–Kier alpha value is -1.51. The maximum atomic E-state index is 6.20. The molecule has 0 aliphatic rings. The molecular weight excluding hydrogens is 293 g/mol. The average Bonchev–Trinajstić information content (AvgIpc) is 2.48. The molecule has 0 bridgehead atoms. The van der Waals surface area contributed by atoms with Crippen LogP contribution in [-0.2, 0) is 0 Å². The summed E-state index contributed by atoms with van der Waals surface area (Å²) in [7, 11) is 1.64. The van der Waals surface area contributed by atoms with E-state index >= 15 is 0 Å². The number of aliphatic imine (C=N–C) groups is 1. The Morgan fingerprint density at radius 2 is 1.85 bits per heavy atom. The van der Waals surface area contributed by atoms with Crippen LogP contribution < -0.4 is 4.74 Å². The summed E-state index contributed by atoms with van der Waals surface area (Å²) in [6, 6.07) is 13.2. The Bertz CT molecular complexity index is 626. The topological polar surface area (TPSA) is 21.6 Å². The lowest BCUT2D eigenvalue weighted by molar-refractivity contribution is 0.414. The normalized spacial score (nSPS) is 12.6. The number of benzene rings is 2. The molecule has 2 nitrogen and oxygen atoms in total. The third-order valence-corrected chi connectivity index (χ3v) is 3.84. The van der Waals surface area contributed by atoms with Crippen LogP contribution >= 0.6 is 23.2 Å². The molecule has 0 saturated carbocycles. The van der Waals surface area contributed by atoms with Gasteiger partial charge in [-0.05, 0) is 30.7 Å². The fraction of sp³-hybridized carbons (Fsp3) is 0.188. The van der Waals surface area contributed by atoms with Crippen molar-refractivity contribution in [2.24, 2.45) is 4.99 Å². The van der Waals surface area contributed by atoms with Crippen LogP contribution in [0.3, 0.4) is 0 Å². The van der Waals surface area contributed by atoms with E-state index in [2.05, 4.69) is 4.99 Å². The van der Waals surface area contributed by atoms with Crippen molar-refractivity contribution in [1.82, 2.24) is 0 Å². The Kier molecular flexibility index (Phi) is 5.05. The van der Waals surface area contributed by atoms with Crippen LogP contribution in [-0.4, -0.2) is 13.3 Å². The molecule has 0 radical (unpaired) electrons. The standard InChI is InChI=1S/C16H15Cl2NO/c1-11(13-7-5-8-14(17)16(13)18)19-10-12-6-3-4-9-15(12)20-2/h3-11H,1-2H3/b19-10-. The van der Waals surface area contributed by atoms with Crippen molar-refractivity contribution >= 4 is 29.4 Å². The van der Waals surface area contributed by atoms with E-state index in [9.17, 15) is 0 Å². The molecule has 0 N–H and O–H groups in total. The van der Waals surface area contributed by atoms with Crippen molar-refractivity contribution in [2.75, 3.05) is 7.11 Å². The number of halogens is 2. The van der Waals surface area contributed by atoms with Gasteiger partial charge in [-0.2, -0.15) is 0 Å². The predicted molar refractivity (Wildman–Crippen MR) is 85.5 cm³/mol. The highest BCUT2D eigenvalue weighted by molar-refractivity contribution is 6.42. The van der Waals surface area contributed by atoms with Gasteiger partial charge in [0.15, 0.2) is 0 Å². The van der Waals surface area contributed by atoms with E-state index in [-0.39, 0.29) is 6.04 Å². The summed E-state index contributed by atoms with van der Waals surface area (Å²) in [6.07, 6.45) is 1.79. The summed E-state index contributed by atoms with van der Waals surface area (Å²) >= 11 is 12.2. The first-order valence-corrected chi connectivity index (χ1v) is 6.99. The van der Waals surface area contributed by atoms with Crippen LogP contribution in [0.25, 0.3) is 0 Å². The molecule has 2 rings (SSSR count). The van der Waals surface area contributed by atoms with Gasteiger partial charge in [0.25, 0.3) is 0 Å². The molecule has 0 heterocycles. The minimum atomic E-state index is -0.0777. The maximum absolute atomic E-state index is 6.20. The van der Waals surface area contributed by atoms with Gasteiger partial charge in [0, 0.05) is 11.8 Å². The summed E-state index contributed by atoms with van der Waals surface area (Å²) in [5, 5.41) is 1.10. The molecule has 2 aromatic carbocycles. The van der Waals surface area contributed by atoms with Gasteiger partial charge in [0.1, 0.15) is 5.75 Å². The summed E-state index contributed by atoms with van der Waals surface area (Å²) in [4.78, 5) is 4.53. The molecule has 1 atom stereocenters. The highest BCUT2D eigenvalue weighted by Crippen LogP contribution is 2.31. The second-order valence-corrected chi connectivity index (χ2v) is 5.12. The molecule has 0 spiro atoms. The molecule has 0 saturated heterocycles. The number of rotatable bonds is 4. The van der Waals surface area contributed by atoms with Crippen molar-refractivity contribution in [3.63, 3.8) is 0 Å². The van der Waals surface area contributed by atoms with Gasteiger partial charge in [-0.15, -0.1) is 0 Å². The van der Waals surface area contributed by atoms with Gasteiger partial charge in [0.05, 0.1) is 23.2 Å². The number of methoxy groups -OCH3 is 1. The zero-order valence-electron chi connectivity index (χ0n) is 11.3. The van der Waals surface area contributed by atoms with E-state index in [0.29, 0.717) is 10.0 Å². The quantitative estimate of drug-likeness (QED) is 0.713. The Labute approximate surface area is 129 Å². The predicted octanol–water partition coefficient (Wildman–Crippen LogP) is 5.18. The SMILES string of the molecule is COc1ccccc1/C=N\C(C)c1cccc(Cl)c1Cl. The van der Waals surface area contributed by atoms with Gasteiger partial charge in [-0.3, -0.25) is 4.99 Å². The fourth-order valence-electron chi connectivity index (χ4n) is 1.89. The fourth-order valence-corrected chi connectivity index (χ4v) is 2.35. The van der Waals surface area contributed by atoms with E-state index < -0.39 is 0 Å². The number of hydrogen-bond acceptors (Lipinski definition) is 2. The van der Waals surface area contributed by atoms with E-state index in [4.69, 9.17) is 27.9 Å². The van der Waals surface area contributed by atoms with Crippen LogP contribution in [0.2, 0.25) is 10.0 Å². The molecule has 1 unspecified atom stereocenters. The highest BCUT2D eigenvalue weighted by atomic mass is 35.5. The van der Waals surface area contributed by atoms with Crippen LogP contribution in [0.1, 0.15) is 24.1 Å². The molecular formula is C16H15Cl2NO. The zero-order chi connectivity index (χ0) is 14.5. The number of para-hydroxylation sites is 1. The largest absolute Gasteiger partial charge is 0.496 e. The van der Waals surface area contributed by atoms with Crippen LogP contribution in [0, 0.1) is 0 Å². The van der Waals surface area contributed by atoms with Gasteiger partial charge < -0.3 is 4.74 Å². The smallest absolute Gasteiger partial charge is 0.127 e. The first kappa shape index (κ1) is 14.9. The van der Waals surface area contributed by atoms with Crippen molar-refractivity contribution in [3.8, 4) is 5.75 Å². The Balaban J connectivity index is 2.25. The minimum absolute atomic E-state index is 0.0777. The van der Waals surface area contributed by atoms with E-state index in [1.54, 1.807) is 19.4 Å². The van der Waals surface area contributed by atoms with E-state index in [1.807, 2.05) is 43.3 Å². The first-order valence-electron chi connectivity index (χ1n) is 6.23. The summed E-state index contributed by atoms with van der Waals surface area (Å²) in [6.45, 7) is 1.98. The van der Waals surface area contributed by atoms with Gasteiger partial charge in [-0.1, -0.05) is 47.5 Å². The molecule has 20 heavy (non-hydrogen) atoms. The molecule has 4 heteroatoms. The van der Waals surface area contributed by atoms with Gasteiger partial charge in [-0.25, -0.2) is 0 Å². The summed E-state index contributed by atoms with van der Waals surface area (Å²) < 4.78 is 5.29. The van der Waals surface area contributed by atoms with Crippen LogP contribution in [0.5, 0.6) is 5.75 Å². The van der Waals surface area contributed by atoms with Gasteiger partial charge >= 0.3 is 0 Å². The molecule has 104 valence electrons. The third-order valence-electron chi connectivity index (χ3n) is 3.01. The average molecular weight is 308 g/mol. The monoisotopic (exact) mass is 307 g/mol. The maximum Gasteiger partial charge on any atom is 0.127 e. The molecule has 0 aliphatic carbocycles. The van der Waals surface area contributed by atoms with Crippen molar-refractivity contribution in [1.29, 1.82) is 0 Å². The first-order chi connectivity index (χ1) is 9.63. The summed E-state index contributed by atoms with van der Waals surface area (Å²) in [5.41, 5.74) is 1.84. The van der Waals surface area contributed by atoms with E-state index in [0.717, 1.165) is 16.9 Å². The lowest BCUT2D eigenvalue weighted by Crippen LogP contribution is -1.95. The van der Waals surface area contributed by atoms with Crippen molar-refractivity contribution in [3.05, 3.63) is 63.6 Å². The number of hydrogen-bond donors (Lipinski definition) is 0. The molecule has 0 amide bonds. The molecule has 0 aromatic heterocycles. The van der Waals surface area contributed by atoms with Crippen molar-refractivity contribution < 1.29 is 4.74 Å². The van der Waals surface area contributed by atoms with Crippen molar-refractivity contribution in [2.45, 2.75) is 13.0 Å². The molecule has 2 aromatic rings. The van der Waals surface area contributed by atoms with E-state index in [1.165, 1.54) is 0 Å². The van der Waals surface area contributed by atoms with Crippen LogP contribution in [0.15, 0.2) is 47.5 Å². The van der Waals surface area contributed by atoms with Gasteiger partial charge in [0.2, 0.25) is 0 Å². The lowest BCUT2D eigenvalue weighted by atomic mass is 10.1. The number of ether oxygens (including phenoxy) is 1. The minimum Gasteiger partial charge on any atom is -0.496 e. The highest BCUT2D eigenvalue weighted by Gasteiger charge is 2.10. The van der Waals surface area contributed by atoms with Crippen LogP contribution in [0.4, 0.5) is 0 Å². The molecule has 0 aliphatic heterocycles. The second-order valence-electron chi connectivity index (χ2n) is 4.34. The molecule has 0 fully saturated rings. The zero-order valence-corrected chi connectivity index (χ0v) is 12.8. The number of nitrogens with zero attached hydrogens (tertiary/aromatic N) is 1. The summed E-state index contributed by atoms with van der Waals surface area (Å²) in [5.74, 6) is 0.792. The Morgan fingerprint density at radius 3 is 2.60 bits per heavy atom. The third kappa shape index (κ3) is 3.33. The lowest BCUT2D eigenvalue weighted by Gasteiger charge is -2.10. The Morgan fingerprint density at radius 1 is 1.10 bits per heavy atom.